The van der Waals surface area contributed by atoms with Crippen LogP contribution in [0.15, 0.2) is 116 Å². The predicted molar refractivity (Wildman–Crippen MR) is 278 cm³/mol. The molecule has 4 nitrogen and oxygen atoms in total. The van der Waals surface area contributed by atoms with Crippen LogP contribution >= 0.6 is 0 Å². The zero-order valence-corrected chi connectivity index (χ0v) is 42.9. The first-order chi connectivity index (χ1) is 30.0. The summed E-state index contributed by atoms with van der Waals surface area (Å²) in [6, 6.07) is 0. The first-order valence-electron chi connectivity index (χ1n) is 24.2. The molecule has 0 aliphatic carbocycles. The molecule has 1 aromatic rings. The molecule has 2 N–H and O–H groups in total. The van der Waals surface area contributed by atoms with Crippen molar-refractivity contribution in [2.45, 2.75) is 205 Å². The molecule has 0 aliphatic rings. The Labute approximate surface area is 388 Å². The number of allylic oxidation sites excluding steroid dienone is 20. The van der Waals surface area contributed by atoms with Crippen LogP contribution < -0.4 is 9.47 Å². The Morgan fingerprint density at radius 3 is 0.810 bits per heavy atom. The van der Waals surface area contributed by atoms with Gasteiger partial charge in [0, 0.05) is 11.1 Å². The topological polar surface area (TPSA) is 58.9 Å². The molecular formula is C59H92O4. The maximum atomic E-state index is 10.7. The minimum Gasteiger partial charge on any atom is -0.504 e. The van der Waals surface area contributed by atoms with E-state index in [4.69, 9.17) is 9.47 Å². The molecule has 4 heteroatoms. The van der Waals surface area contributed by atoms with E-state index < -0.39 is 0 Å². The summed E-state index contributed by atoms with van der Waals surface area (Å²) in [4.78, 5) is 0. The summed E-state index contributed by atoms with van der Waals surface area (Å²) in [7, 11) is 2.91. The normalized spacial score (nSPS) is 14.2. The highest BCUT2D eigenvalue weighted by Gasteiger charge is 2.22. The maximum absolute atomic E-state index is 10.7. The molecule has 0 bridgehead atoms. The van der Waals surface area contributed by atoms with E-state index in [-0.39, 0.29) is 23.0 Å². The van der Waals surface area contributed by atoms with Crippen molar-refractivity contribution in [3.05, 3.63) is 128 Å². The van der Waals surface area contributed by atoms with Gasteiger partial charge in [0.15, 0.2) is 11.5 Å². The second-order valence-corrected chi connectivity index (χ2v) is 18.7. The fourth-order valence-electron chi connectivity index (χ4n) is 7.62. The number of ether oxygens (including phenoxy) is 2. The van der Waals surface area contributed by atoms with E-state index in [0.717, 1.165) is 96.3 Å². The van der Waals surface area contributed by atoms with Gasteiger partial charge in [-0.25, -0.2) is 0 Å². The van der Waals surface area contributed by atoms with E-state index >= 15 is 0 Å². The molecule has 0 heterocycles. The summed E-state index contributed by atoms with van der Waals surface area (Å²) in [5, 5.41) is 21.3. The Kier molecular flexibility index (Phi) is 30.1. The number of aromatic hydroxyl groups is 2. The number of hydrogen-bond acceptors (Lipinski definition) is 4. The largest absolute Gasteiger partial charge is 0.504 e. The van der Waals surface area contributed by atoms with Crippen LogP contribution in [0, 0.1) is 6.92 Å². The number of hydrogen-bond donors (Lipinski definition) is 2. The summed E-state index contributed by atoms with van der Waals surface area (Å²) in [6.07, 6.45) is 44.6. The van der Waals surface area contributed by atoms with Crippen molar-refractivity contribution in [3.8, 4) is 23.0 Å². The number of methoxy groups -OCH3 is 2. The third-order valence-electron chi connectivity index (χ3n) is 12.1. The molecule has 1 aromatic carbocycles. The van der Waals surface area contributed by atoms with Crippen LogP contribution in [0.5, 0.6) is 23.0 Å². The molecule has 0 spiro atoms. The fraction of sp³-hybridized carbons (Fsp3) is 0.559. The van der Waals surface area contributed by atoms with Crippen LogP contribution in [-0.4, -0.2) is 24.4 Å². The van der Waals surface area contributed by atoms with Crippen molar-refractivity contribution in [3.63, 3.8) is 0 Å². The van der Waals surface area contributed by atoms with Gasteiger partial charge < -0.3 is 19.7 Å². The van der Waals surface area contributed by atoms with Crippen LogP contribution in [0.3, 0.4) is 0 Å². The summed E-state index contributed by atoms with van der Waals surface area (Å²) in [6.45, 7) is 26.5. The molecule has 63 heavy (non-hydrogen) atoms. The first kappa shape index (κ1) is 56.8. The SMILES string of the molecule is COc1c(O)c(C)c(C/C=C(/C)CC/C=C(\C)CC/C=C(\C)CC/C=C(/C)CC/C=C(/C)CC/C=C(/C)CC/C=C(/C)CC/C=C(/C)CC/C=C(\C)CCC=C(C)C)c(O)c1OC. The van der Waals surface area contributed by atoms with Gasteiger partial charge in [0.1, 0.15) is 0 Å². The lowest BCUT2D eigenvalue weighted by molar-refractivity contribution is 0.314. The molecule has 0 saturated heterocycles. The number of rotatable bonds is 31. The van der Waals surface area contributed by atoms with Crippen molar-refractivity contribution in [2.24, 2.45) is 0 Å². The van der Waals surface area contributed by atoms with Gasteiger partial charge in [0.2, 0.25) is 11.5 Å². The average molecular weight is 865 g/mol. The number of phenols is 2. The number of benzene rings is 1. The highest BCUT2D eigenvalue weighted by molar-refractivity contribution is 5.66. The highest BCUT2D eigenvalue weighted by Crippen LogP contribution is 2.48. The fourth-order valence-corrected chi connectivity index (χ4v) is 7.62. The first-order valence-corrected chi connectivity index (χ1v) is 24.2. The summed E-state index contributed by atoms with van der Waals surface area (Å²) < 4.78 is 10.5. The van der Waals surface area contributed by atoms with Crippen LogP contribution in [0.2, 0.25) is 0 Å². The van der Waals surface area contributed by atoms with Gasteiger partial charge in [0.25, 0.3) is 0 Å². The summed E-state index contributed by atoms with van der Waals surface area (Å²) in [5.74, 6) is 0.356. The Balaban J connectivity index is 2.32. The van der Waals surface area contributed by atoms with Crippen molar-refractivity contribution >= 4 is 0 Å². The number of phenolic OH excluding ortho intramolecular Hbond substituents is 2. The van der Waals surface area contributed by atoms with Crippen LogP contribution in [0.1, 0.15) is 203 Å². The zero-order chi connectivity index (χ0) is 47.2. The van der Waals surface area contributed by atoms with Crippen molar-refractivity contribution < 1.29 is 19.7 Å². The lowest BCUT2D eigenvalue weighted by Gasteiger charge is -2.17. The van der Waals surface area contributed by atoms with Gasteiger partial charge in [-0.15, -0.1) is 0 Å². The van der Waals surface area contributed by atoms with E-state index in [1.807, 2.05) is 0 Å². The van der Waals surface area contributed by atoms with Crippen LogP contribution in [0.25, 0.3) is 0 Å². The standard InChI is InChI=1S/C59H92O4/c1-44(2)24-15-25-45(3)26-16-27-46(4)28-17-29-47(5)30-18-31-48(6)32-19-33-49(7)34-20-35-50(8)36-21-37-51(9)38-22-39-52(10)40-23-41-53(11)42-43-55-54(12)56(60)58(62-13)59(63-14)57(55)61/h24,26,28,30,32,34,36,38,40,42,60-61H,15-23,25,27,29,31,33,35,37,39,41,43H2,1-14H3/b45-26+,46-28-,47-30-,48-32-,49-34-,50-36-,51-38+,52-40+,53-42-. The molecule has 0 aromatic heterocycles. The third-order valence-corrected chi connectivity index (χ3v) is 12.1. The van der Waals surface area contributed by atoms with Gasteiger partial charge in [0.05, 0.1) is 14.2 Å². The Hall–Kier alpha value is -4.18. The monoisotopic (exact) mass is 865 g/mol. The van der Waals surface area contributed by atoms with Gasteiger partial charge in [-0.05, 0) is 205 Å². The van der Waals surface area contributed by atoms with Gasteiger partial charge in [-0.3, -0.25) is 0 Å². The quantitative estimate of drug-likeness (QED) is 0.0577. The Morgan fingerprint density at radius 1 is 0.349 bits per heavy atom. The molecule has 352 valence electrons. The van der Waals surface area contributed by atoms with Gasteiger partial charge in [-0.1, -0.05) is 116 Å². The van der Waals surface area contributed by atoms with Crippen LogP contribution in [-0.2, 0) is 6.42 Å². The second-order valence-electron chi connectivity index (χ2n) is 18.7. The van der Waals surface area contributed by atoms with Crippen molar-refractivity contribution in [2.75, 3.05) is 14.2 Å². The summed E-state index contributed by atoms with van der Waals surface area (Å²) in [5.41, 5.74) is 15.9. The van der Waals surface area contributed by atoms with E-state index in [2.05, 4.69) is 137 Å². The molecule has 0 unspecified atom stereocenters. The highest BCUT2D eigenvalue weighted by atomic mass is 16.5. The van der Waals surface area contributed by atoms with Crippen molar-refractivity contribution in [1.29, 1.82) is 0 Å². The van der Waals surface area contributed by atoms with E-state index in [9.17, 15) is 10.2 Å². The van der Waals surface area contributed by atoms with Gasteiger partial charge >= 0.3 is 0 Å². The molecule has 0 fully saturated rings. The molecule has 0 atom stereocenters. The predicted octanol–water partition coefficient (Wildman–Crippen LogP) is 18.5. The molecule has 1 rings (SSSR count). The zero-order valence-electron chi connectivity index (χ0n) is 42.9. The van der Waals surface area contributed by atoms with Crippen molar-refractivity contribution in [1.82, 2.24) is 0 Å². The van der Waals surface area contributed by atoms with E-state index in [1.165, 1.54) is 89.2 Å². The minimum atomic E-state index is 0.00634. The van der Waals surface area contributed by atoms with E-state index in [0.29, 0.717) is 17.5 Å². The minimum absolute atomic E-state index is 0.00634. The van der Waals surface area contributed by atoms with E-state index in [1.54, 1.807) is 6.92 Å². The molecule has 0 saturated carbocycles. The van der Waals surface area contributed by atoms with Crippen LogP contribution in [0.4, 0.5) is 0 Å². The summed E-state index contributed by atoms with van der Waals surface area (Å²) >= 11 is 0. The average Bonchev–Trinajstić information content (AvgIpc) is 3.21. The Bertz CT molecular complexity index is 1840. The lowest BCUT2D eigenvalue weighted by atomic mass is 9.99. The molecule has 0 radical (unpaired) electrons. The molecule has 0 amide bonds. The smallest absolute Gasteiger partial charge is 0.207 e. The molecule has 0 aliphatic heterocycles. The Morgan fingerprint density at radius 2 is 0.571 bits per heavy atom. The third kappa shape index (κ3) is 26.3. The maximum Gasteiger partial charge on any atom is 0.207 e. The molecular weight excluding hydrogens is 773 g/mol. The van der Waals surface area contributed by atoms with Gasteiger partial charge in [-0.2, -0.15) is 0 Å². The lowest BCUT2D eigenvalue weighted by Crippen LogP contribution is -1.98. The second kappa shape index (κ2) is 33.3.